The number of ether oxygens (including phenoxy) is 4. The van der Waals surface area contributed by atoms with E-state index in [1.165, 1.54) is 11.8 Å². The lowest BCUT2D eigenvalue weighted by atomic mass is 10.1. The van der Waals surface area contributed by atoms with Crippen LogP contribution in [-0.4, -0.2) is 39.6 Å². The first-order valence-corrected chi connectivity index (χ1v) is 9.72. The van der Waals surface area contributed by atoms with Gasteiger partial charge in [-0.15, -0.1) is 11.8 Å². The van der Waals surface area contributed by atoms with Crippen LogP contribution in [0.2, 0.25) is 0 Å². The number of nitrogens with one attached hydrogen (secondary N) is 1. The van der Waals surface area contributed by atoms with Crippen molar-refractivity contribution in [2.75, 3.05) is 28.4 Å². The summed E-state index contributed by atoms with van der Waals surface area (Å²) in [6.45, 7) is 3.81. The monoisotopic (exact) mass is 405 g/mol. The second-order valence-corrected chi connectivity index (χ2v) is 7.54. The molecule has 2 aromatic rings. The number of hydrogen-bond donors (Lipinski definition) is 1. The Kier molecular flexibility index (Phi) is 7.87. The Morgan fingerprint density at radius 3 is 1.93 bits per heavy atom. The van der Waals surface area contributed by atoms with Gasteiger partial charge in [-0.3, -0.25) is 4.79 Å². The van der Waals surface area contributed by atoms with Gasteiger partial charge in [0, 0.05) is 4.90 Å². The average Bonchev–Trinajstić information content (AvgIpc) is 2.72. The predicted molar refractivity (Wildman–Crippen MR) is 111 cm³/mol. The zero-order valence-corrected chi connectivity index (χ0v) is 17.9. The van der Waals surface area contributed by atoms with Gasteiger partial charge in [0.15, 0.2) is 23.0 Å². The number of carbonyl (C=O) groups excluding carboxylic acids is 1. The van der Waals surface area contributed by atoms with Crippen molar-refractivity contribution < 1.29 is 23.7 Å². The highest BCUT2D eigenvalue weighted by atomic mass is 32.2. The van der Waals surface area contributed by atoms with E-state index in [0.717, 1.165) is 10.5 Å². The van der Waals surface area contributed by atoms with Crippen LogP contribution >= 0.6 is 11.8 Å². The Morgan fingerprint density at radius 2 is 1.36 bits per heavy atom. The van der Waals surface area contributed by atoms with Crippen LogP contribution in [0.1, 0.15) is 25.5 Å². The molecular formula is C21H27NO5S. The van der Waals surface area contributed by atoms with Gasteiger partial charge in [-0.25, -0.2) is 0 Å². The zero-order valence-electron chi connectivity index (χ0n) is 17.1. The van der Waals surface area contributed by atoms with Crippen LogP contribution in [0.5, 0.6) is 23.0 Å². The van der Waals surface area contributed by atoms with Crippen LogP contribution in [0.15, 0.2) is 41.3 Å². The molecular weight excluding hydrogens is 378 g/mol. The summed E-state index contributed by atoms with van der Waals surface area (Å²) in [7, 11) is 6.37. The van der Waals surface area contributed by atoms with Crippen molar-refractivity contribution >= 4 is 17.7 Å². The molecule has 2 rings (SSSR count). The van der Waals surface area contributed by atoms with E-state index in [4.69, 9.17) is 18.9 Å². The van der Waals surface area contributed by atoms with Crippen molar-refractivity contribution in [3.05, 3.63) is 42.0 Å². The Hall–Kier alpha value is -2.54. The van der Waals surface area contributed by atoms with E-state index in [0.29, 0.717) is 23.0 Å². The summed E-state index contributed by atoms with van der Waals surface area (Å²) in [4.78, 5) is 13.6. The van der Waals surface area contributed by atoms with E-state index in [1.54, 1.807) is 28.4 Å². The van der Waals surface area contributed by atoms with Crippen LogP contribution in [0.25, 0.3) is 0 Å². The normalized spacial score (nSPS) is 12.6. The summed E-state index contributed by atoms with van der Waals surface area (Å²) < 4.78 is 21.2. The van der Waals surface area contributed by atoms with E-state index in [1.807, 2.05) is 50.2 Å². The second-order valence-electron chi connectivity index (χ2n) is 6.12. The molecule has 1 N–H and O–H groups in total. The third-order valence-corrected chi connectivity index (χ3v) is 5.40. The van der Waals surface area contributed by atoms with Crippen LogP contribution in [0.3, 0.4) is 0 Å². The maximum absolute atomic E-state index is 12.6. The highest BCUT2D eigenvalue weighted by Crippen LogP contribution is 2.34. The maximum atomic E-state index is 12.6. The Morgan fingerprint density at radius 1 is 0.821 bits per heavy atom. The molecule has 2 atom stereocenters. The molecule has 152 valence electrons. The van der Waals surface area contributed by atoms with Crippen molar-refractivity contribution in [2.24, 2.45) is 0 Å². The van der Waals surface area contributed by atoms with Crippen LogP contribution < -0.4 is 24.3 Å². The molecule has 2 aromatic carbocycles. The topological polar surface area (TPSA) is 66.0 Å². The van der Waals surface area contributed by atoms with E-state index in [2.05, 4.69) is 5.32 Å². The quantitative estimate of drug-likeness (QED) is 0.634. The lowest BCUT2D eigenvalue weighted by molar-refractivity contribution is -0.120. The van der Waals surface area contributed by atoms with Crippen LogP contribution in [-0.2, 0) is 4.79 Å². The number of benzene rings is 2. The van der Waals surface area contributed by atoms with Gasteiger partial charge in [0.25, 0.3) is 0 Å². The molecule has 7 heteroatoms. The minimum absolute atomic E-state index is 0.0536. The van der Waals surface area contributed by atoms with Crippen LogP contribution in [0, 0.1) is 0 Å². The number of amides is 1. The van der Waals surface area contributed by atoms with Crippen molar-refractivity contribution in [1.82, 2.24) is 5.32 Å². The molecule has 28 heavy (non-hydrogen) atoms. The van der Waals surface area contributed by atoms with Gasteiger partial charge in [-0.05, 0) is 49.7 Å². The molecule has 0 heterocycles. The SMILES string of the molecule is COc1ccc(S[C@@H](C)C(=O)N[C@@H](C)c2ccc(OC)c(OC)c2)cc1OC. The average molecular weight is 406 g/mol. The molecule has 0 saturated heterocycles. The first-order valence-electron chi connectivity index (χ1n) is 8.84. The number of carbonyl (C=O) groups is 1. The van der Waals surface area contributed by atoms with Gasteiger partial charge in [0.2, 0.25) is 5.91 Å². The largest absolute Gasteiger partial charge is 0.493 e. The van der Waals surface area contributed by atoms with E-state index in [9.17, 15) is 4.79 Å². The first-order chi connectivity index (χ1) is 13.4. The first kappa shape index (κ1) is 21.8. The van der Waals surface area contributed by atoms with Crippen molar-refractivity contribution in [3.63, 3.8) is 0 Å². The summed E-state index contributed by atoms with van der Waals surface area (Å²) in [5.74, 6) is 2.53. The Bertz CT molecular complexity index is 811. The lowest BCUT2D eigenvalue weighted by Crippen LogP contribution is -2.33. The molecule has 0 aromatic heterocycles. The molecule has 0 bridgehead atoms. The van der Waals surface area contributed by atoms with Gasteiger partial charge in [-0.1, -0.05) is 6.07 Å². The number of methoxy groups -OCH3 is 4. The molecule has 0 spiro atoms. The maximum Gasteiger partial charge on any atom is 0.233 e. The fourth-order valence-corrected chi connectivity index (χ4v) is 3.59. The Balaban J connectivity index is 2.03. The molecule has 1 amide bonds. The summed E-state index contributed by atoms with van der Waals surface area (Å²) in [6.07, 6.45) is 0. The summed E-state index contributed by atoms with van der Waals surface area (Å²) in [5, 5.41) is 2.77. The molecule has 0 aliphatic rings. The Labute approximate surface area is 170 Å². The smallest absolute Gasteiger partial charge is 0.233 e. The number of hydrogen-bond acceptors (Lipinski definition) is 6. The number of thioether (sulfide) groups is 1. The molecule has 0 fully saturated rings. The van der Waals surface area contributed by atoms with Gasteiger partial charge >= 0.3 is 0 Å². The summed E-state index contributed by atoms with van der Waals surface area (Å²) >= 11 is 1.46. The van der Waals surface area contributed by atoms with Gasteiger partial charge in [0.1, 0.15) is 0 Å². The van der Waals surface area contributed by atoms with Crippen LogP contribution in [0.4, 0.5) is 0 Å². The summed E-state index contributed by atoms with van der Waals surface area (Å²) in [6, 6.07) is 11.1. The van der Waals surface area contributed by atoms with E-state index in [-0.39, 0.29) is 17.2 Å². The van der Waals surface area contributed by atoms with Gasteiger partial charge < -0.3 is 24.3 Å². The standard InChI is InChI=1S/C21H27NO5S/c1-13(15-7-9-17(24-3)19(11-15)26-5)22-21(23)14(2)28-16-8-10-18(25-4)20(12-16)27-6/h7-14H,1-6H3,(H,22,23)/t13-,14-/m0/s1. The highest BCUT2D eigenvalue weighted by molar-refractivity contribution is 8.00. The van der Waals surface area contributed by atoms with Crippen molar-refractivity contribution in [2.45, 2.75) is 30.0 Å². The molecule has 0 unspecified atom stereocenters. The highest BCUT2D eigenvalue weighted by Gasteiger charge is 2.19. The van der Waals surface area contributed by atoms with Crippen molar-refractivity contribution in [1.29, 1.82) is 0 Å². The summed E-state index contributed by atoms with van der Waals surface area (Å²) in [5.41, 5.74) is 0.939. The molecule has 0 aliphatic heterocycles. The lowest BCUT2D eigenvalue weighted by Gasteiger charge is -2.19. The molecule has 0 saturated carbocycles. The minimum Gasteiger partial charge on any atom is -0.493 e. The van der Waals surface area contributed by atoms with E-state index < -0.39 is 0 Å². The third-order valence-electron chi connectivity index (χ3n) is 4.30. The van der Waals surface area contributed by atoms with E-state index >= 15 is 0 Å². The van der Waals surface area contributed by atoms with Gasteiger partial charge in [0.05, 0.1) is 39.7 Å². The fourth-order valence-electron chi connectivity index (χ4n) is 2.68. The predicted octanol–water partition coefficient (Wildman–Crippen LogP) is 4.08. The third kappa shape index (κ3) is 5.25. The molecule has 0 radical (unpaired) electrons. The second kappa shape index (κ2) is 10.1. The number of rotatable bonds is 9. The van der Waals surface area contributed by atoms with Crippen molar-refractivity contribution in [3.8, 4) is 23.0 Å². The fraction of sp³-hybridized carbons (Fsp3) is 0.381. The molecule has 6 nitrogen and oxygen atoms in total. The molecule has 0 aliphatic carbocycles. The zero-order chi connectivity index (χ0) is 20.7. The minimum atomic E-state index is -0.277. The van der Waals surface area contributed by atoms with Gasteiger partial charge in [-0.2, -0.15) is 0 Å².